The van der Waals surface area contributed by atoms with E-state index in [1.165, 1.54) is 14.7 Å². The second-order valence-electron chi connectivity index (χ2n) is 7.85. The molecule has 4 nitrogen and oxygen atoms in total. The zero-order chi connectivity index (χ0) is 19.9. The predicted molar refractivity (Wildman–Crippen MR) is 124 cm³/mol. The number of likely N-dealkylation sites (tertiary alicyclic amines) is 1. The van der Waals surface area contributed by atoms with E-state index in [0.717, 1.165) is 60.4 Å². The highest BCUT2D eigenvalue weighted by atomic mass is 32.1. The van der Waals surface area contributed by atoms with Gasteiger partial charge in [-0.3, -0.25) is 4.90 Å². The fourth-order valence-corrected chi connectivity index (χ4v) is 6.20. The van der Waals surface area contributed by atoms with Gasteiger partial charge in [0.25, 0.3) is 0 Å². The Hall–Kier alpha value is -2.54. The first-order chi connectivity index (χ1) is 14.8. The molecular weight excluding hydrogens is 410 g/mol. The lowest BCUT2D eigenvalue weighted by atomic mass is 9.97. The number of hydrogen-bond donors (Lipinski definition) is 0. The highest BCUT2D eigenvalue weighted by molar-refractivity contribution is 7.18. The van der Waals surface area contributed by atoms with Crippen molar-refractivity contribution in [2.45, 2.75) is 25.3 Å². The summed E-state index contributed by atoms with van der Waals surface area (Å²) in [7, 11) is 0. The van der Waals surface area contributed by atoms with Gasteiger partial charge in [0.1, 0.15) is 16.3 Å². The molecule has 0 unspecified atom stereocenters. The van der Waals surface area contributed by atoms with Gasteiger partial charge in [-0.25, -0.2) is 9.97 Å². The van der Waals surface area contributed by atoms with Crippen molar-refractivity contribution < 1.29 is 4.42 Å². The van der Waals surface area contributed by atoms with Crippen LogP contribution in [0.4, 0.5) is 0 Å². The molecule has 6 heteroatoms. The molecule has 0 N–H and O–H groups in total. The molecule has 2 aromatic carbocycles. The number of thiazole rings is 2. The van der Waals surface area contributed by atoms with Gasteiger partial charge in [-0.05, 0) is 50.2 Å². The van der Waals surface area contributed by atoms with E-state index in [-0.39, 0.29) is 0 Å². The minimum absolute atomic E-state index is 0.541. The zero-order valence-corrected chi connectivity index (χ0v) is 18.1. The molecule has 1 aliphatic rings. The second kappa shape index (κ2) is 7.61. The molecule has 0 atom stereocenters. The molecule has 0 radical (unpaired) electrons. The molecule has 0 aliphatic carbocycles. The minimum Gasteiger partial charge on any atom is -0.454 e. The lowest BCUT2D eigenvalue weighted by molar-refractivity contribution is 0.204. The SMILES string of the molecule is c1ccc2oc(-c3csc(C4CCN(Cc5nc6ccccc6s5)CC4)n3)cc2c1. The molecule has 0 bridgehead atoms. The van der Waals surface area contributed by atoms with Crippen molar-refractivity contribution in [1.82, 2.24) is 14.9 Å². The highest BCUT2D eigenvalue weighted by Gasteiger charge is 2.24. The Balaban J connectivity index is 1.12. The maximum Gasteiger partial charge on any atom is 0.154 e. The summed E-state index contributed by atoms with van der Waals surface area (Å²) in [6.07, 6.45) is 2.30. The standard InChI is InChI=1S/C24H21N3OS2/c1-3-7-20-17(5-1)13-21(28-20)19-15-29-24(26-19)16-9-11-27(12-10-16)14-23-25-18-6-2-4-8-22(18)30-23/h1-8,13,15-16H,9-12,14H2. The maximum atomic E-state index is 5.99. The van der Waals surface area contributed by atoms with Crippen molar-refractivity contribution in [2.24, 2.45) is 0 Å². The van der Waals surface area contributed by atoms with Crippen LogP contribution >= 0.6 is 22.7 Å². The number of nitrogens with zero attached hydrogens (tertiary/aromatic N) is 3. The first-order valence-corrected chi connectivity index (χ1v) is 12.0. The third-order valence-corrected chi connectivity index (χ3v) is 7.86. The summed E-state index contributed by atoms with van der Waals surface area (Å²) in [4.78, 5) is 12.3. The third-order valence-electron chi connectivity index (χ3n) is 5.83. The van der Waals surface area contributed by atoms with Crippen LogP contribution in [0, 0.1) is 0 Å². The first-order valence-electron chi connectivity index (χ1n) is 10.3. The number of hydrogen-bond acceptors (Lipinski definition) is 6. The molecule has 1 saturated heterocycles. The van der Waals surface area contributed by atoms with Gasteiger partial charge < -0.3 is 4.42 Å². The van der Waals surface area contributed by atoms with Crippen molar-refractivity contribution in [3.8, 4) is 11.5 Å². The molecule has 1 fully saturated rings. The zero-order valence-electron chi connectivity index (χ0n) is 16.5. The summed E-state index contributed by atoms with van der Waals surface area (Å²) in [5.74, 6) is 1.41. The monoisotopic (exact) mass is 431 g/mol. The summed E-state index contributed by atoms with van der Waals surface area (Å²) in [5, 5.41) is 5.73. The van der Waals surface area contributed by atoms with Gasteiger partial charge in [0, 0.05) is 16.7 Å². The topological polar surface area (TPSA) is 42.2 Å². The predicted octanol–water partition coefficient (Wildman–Crippen LogP) is 6.55. The van der Waals surface area contributed by atoms with Gasteiger partial charge >= 0.3 is 0 Å². The van der Waals surface area contributed by atoms with Crippen molar-refractivity contribution in [3.05, 3.63) is 70.0 Å². The van der Waals surface area contributed by atoms with Crippen LogP contribution in [-0.4, -0.2) is 28.0 Å². The van der Waals surface area contributed by atoms with E-state index in [9.17, 15) is 0 Å². The molecule has 6 rings (SSSR count). The lowest BCUT2D eigenvalue weighted by Crippen LogP contribution is -2.32. The third kappa shape index (κ3) is 3.45. The maximum absolute atomic E-state index is 5.99. The van der Waals surface area contributed by atoms with Crippen LogP contribution in [-0.2, 0) is 6.54 Å². The van der Waals surface area contributed by atoms with Gasteiger partial charge in [-0.2, -0.15) is 0 Å². The fraction of sp³-hybridized carbons (Fsp3) is 0.250. The Bertz CT molecular complexity index is 1240. The fourth-order valence-electron chi connectivity index (χ4n) is 4.21. The Kier molecular flexibility index (Phi) is 4.63. The Labute approximate surface area is 182 Å². The van der Waals surface area contributed by atoms with Crippen LogP contribution in [0.1, 0.15) is 28.8 Å². The van der Waals surface area contributed by atoms with E-state index in [0.29, 0.717) is 5.92 Å². The van der Waals surface area contributed by atoms with E-state index < -0.39 is 0 Å². The lowest BCUT2D eigenvalue weighted by Gasteiger charge is -2.30. The van der Waals surface area contributed by atoms with Gasteiger partial charge in [0.15, 0.2) is 5.76 Å². The molecule has 3 aromatic heterocycles. The van der Waals surface area contributed by atoms with E-state index in [1.54, 1.807) is 11.3 Å². The Morgan fingerprint density at radius 2 is 1.83 bits per heavy atom. The molecule has 150 valence electrons. The van der Waals surface area contributed by atoms with E-state index in [4.69, 9.17) is 14.4 Å². The number of aromatic nitrogens is 2. The summed E-state index contributed by atoms with van der Waals surface area (Å²) in [6, 6.07) is 18.6. The van der Waals surface area contributed by atoms with Crippen molar-refractivity contribution >= 4 is 43.9 Å². The summed E-state index contributed by atoms with van der Waals surface area (Å²) in [5.41, 5.74) is 3.00. The molecular formula is C24H21N3OS2. The minimum atomic E-state index is 0.541. The van der Waals surface area contributed by atoms with Gasteiger partial charge in [0.05, 0.1) is 21.8 Å². The van der Waals surface area contributed by atoms with E-state index in [2.05, 4.69) is 46.7 Å². The van der Waals surface area contributed by atoms with Crippen LogP contribution in [0.15, 0.2) is 64.4 Å². The van der Waals surface area contributed by atoms with Crippen molar-refractivity contribution in [1.29, 1.82) is 0 Å². The van der Waals surface area contributed by atoms with E-state index in [1.807, 2.05) is 29.5 Å². The van der Waals surface area contributed by atoms with Crippen molar-refractivity contribution in [3.63, 3.8) is 0 Å². The smallest absolute Gasteiger partial charge is 0.154 e. The number of benzene rings is 2. The normalized spacial score (nSPS) is 16.0. The molecule has 5 aromatic rings. The number of para-hydroxylation sites is 2. The first kappa shape index (κ1) is 18.2. The van der Waals surface area contributed by atoms with Crippen LogP contribution in [0.5, 0.6) is 0 Å². The molecule has 4 heterocycles. The average molecular weight is 432 g/mol. The quantitative estimate of drug-likeness (QED) is 0.324. The molecule has 0 amide bonds. The Morgan fingerprint density at radius 1 is 1.00 bits per heavy atom. The Morgan fingerprint density at radius 3 is 2.70 bits per heavy atom. The second-order valence-corrected chi connectivity index (χ2v) is 9.85. The molecule has 1 aliphatic heterocycles. The van der Waals surface area contributed by atoms with Gasteiger partial charge in [0.2, 0.25) is 0 Å². The molecule has 0 saturated carbocycles. The van der Waals surface area contributed by atoms with Gasteiger partial charge in [-0.1, -0.05) is 30.3 Å². The van der Waals surface area contributed by atoms with E-state index >= 15 is 0 Å². The summed E-state index contributed by atoms with van der Waals surface area (Å²) >= 11 is 3.59. The van der Waals surface area contributed by atoms with Crippen LogP contribution in [0.25, 0.3) is 32.6 Å². The molecule has 30 heavy (non-hydrogen) atoms. The number of fused-ring (bicyclic) bond motifs is 2. The largest absolute Gasteiger partial charge is 0.454 e. The average Bonchev–Trinajstić information content (AvgIpc) is 3.51. The van der Waals surface area contributed by atoms with Crippen LogP contribution in [0.3, 0.4) is 0 Å². The summed E-state index contributed by atoms with van der Waals surface area (Å²) < 4.78 is 7.27. The van der Waals surface area contributed by atoms with Crippen molar-refractivity contribution in [2.75, 3.05) is 13.1 Å². The number of rotatable bonds is 4. The van der Waals surface area contributed by atoms with Crippen LogP contribution in [0.2, 0.25) is 0 Å². The van der Waals surface area contributed by atoms with Crippen LogP contribution < -0.4 is 0 Å². The summed E-state index contributed by atoms with van der Waals surface area (Å²) in [6.45, 7) is 3.15. The number of furan rings is 1. The molecule has 0 spiro atoms. The number of piperidine rings is 1. The highest BCUT2D eigenvalue weighted by Crippen LogP contribution is 2.35. The van der Waals surface area contributed by atoms with Gasteiger partial charge in [-0.15, -0.1) is 22.7 Å².